The molecule has 2 amide bonds. The van der Waals surface area contributed by atoms with Gasteiger partial charge in [0.15, 0.2) is 0 Å². The highest BCUT2D eigenvalue weighted by molar-refractivity contribution is 6.32. The van der Waals surface area contributed by atoms with Crippen LogP contribution in [0.15, 0.2) is 30.6 Å². The molecule has 9 nitrogen and oxygen atoms in total. The number of anilines is 2. The van der Waals surface area contributed by atoms with Crippen LogP contribution in [0.2, 0.25) is 5.02 Å². The van der Waals surface area contributed by atoms with E-state index in [9.17, 15) is 9.59 Å². The summed E-state index contributed by atoms with van der Waals surface area (Å²) in [6.07, 6.45) is 2.98. The zero-order chi connectivity index (χ0) is 23.3. The monoisotopic (exact) mass is 461 g/mol. The average Bonchev–Trinajstić information content (AvgIpc) is 2.74. The number of piperazine rings is 1. The smallest absolute Gasteiger partial charge is 0.410 e. The average molecular weight is 462 g/mol. The molecule has 0 bridgehead atoms. The third-order valence-electron chi connectivity index (χ3n) is 4.74. The molecule has 0 atom stereocenters. The van der Waals surface area contributed by atoms with Gasteiger partial charge in [-0.15, -0.1) is 0 Å². The molecule has 0 spiro atoms. The maximum atomic E-state index is 12.3. The van der Waals surface area contributed by atoms with E-state index in [4.69, 9.17) is 21.1 Å². The van der Waals surface area contributed by atoms with Gasteiger partial charge in [0.1, 0.15) is 28.0 Å². The summed E-state index contributed by atoms with van der Waals surface area (Å²) >= 11 is 5.95. The van der Waals surface area contributed by atoms with E-state index in [1.807, 2.05) is 32.9 Å². The largest absolute Gasteiger partial charge is 0.495 e. The van der Waals surface area contributed by atoms with Gasteiger partial charge in [-0.05, 0) is 32.4 Å². The molecule has 32 heavy (non-hydrogen) atoms. The number of halogens is 1. The Balaban J connectivity index is 1.51. The highest BCUT2D eigenvalue weighted by Crippen LogP contribution is 2.25. The van der Waals surface area contributed by atoms with Crippen LogP contribution in [0.4, 0.5) is 16.4 Å². The van der Waals surface area contributed by atoms with Crippen molar-refractivity contribution in [3.05, 3.63) is 41.2 Å². The minimum absolute atomic E-state index is 0.159. The van der Waals surface area contributed by atoms with Crippen molar-refractivity contribution in [3.63, 3.8) is 0 Å². The van der Waals surface area contributed by atoms with E-state index in [0.717, 1.165) is 11.4 Å². The van der Waals surface area contributed by atoms with Crippen molar-refractivity contribution in [2.45, 2.75) is 32.8 Å². The predicted molar refractivity (Wildman–Crippen MR) is 122 cm³/mol. The summed E-state index contributed by atoms with van der Waals surface area (Å²) in [6, 6.07) is 5.33. The number of methoxy groups -OCH3 is 1. The topological polar surface area (TPSA) is 96.9 Å². The van der Waals surface area contributed by atoms with Crippen LogP contribution in [-0.4, -0.2) is 65.8 Å². The molecule has 1 saturated heterocycles. The fourth-order valence-corrected chi connectivity index (χ4v) is 3.35. The Morgan fingerprint density at radius 3 is 2.44 bits per heavy atom. The molecule has 1 aliphatic heterocycles. The summed E-state index contributed by atoms with van der Waals surface area (Å²) in [6.45, 7) is 8.03. The fraction of sp³-hybridized carbons (Fsp3) is 0.455. The van der Waals surface area contributed by atoms with Crippen molar-refractivity contribution < 1.29 is 19.1 Å². The number of nitrogens with one attached hydrogen (secondary N) is 1. The van der Waals surface area contributed by atoms with Gasteiger partial charge in [-0.3, -0.25) is 4.79 Å². The number of pyridine rings is 2. The van der Waals surface area contributed by atoms with Crippen LogP contribution >= 0.6 is 11.6 Å². The second kappa shape index (κ2) is 10.0. The summed E-state index contributed by atoms with van der Waals surface area (Å²) in [5.41, 5.74) is 0.271. The standard InChI is InChI=1S/C22H28ClN5O4/c1-22(2,3)32-21(30)28-9-7-27(8-10-28)19-6-5-15(13-25-19)11-20(29)26-18-12-17(31-4)16(23)14-24-18/h5-6,12-14H,7-11H2,1-4H3,(H,24,26,29). The quantitative estimate of drug-likeness (QED) is 0.728. The highest BCUT2D eigenvalue weighted by atomic mass is 35.5. The van der Waals surface area contributed by atoms with E-state index in [1.54, 1.807) is 17.2 Å². The third kappa shape index (κ3) is 6.46. The van der Waals surface area contributed by atoms with Crippen LogP contribution in [0.3, 0.4) is 0 Å². The van der Waals surface area contributed by atoms with Crippen molar-refractivity contribution in [2.24, 2.45) is 0 Å². The maximum Gasteiger partial charge on any atom is 0.410 e. The number of nitrogens with zero attached hydrogens (tertiary/aromatic N) is 4. The Labute approximate surface area is 192 Å². The zero-order valence-corrected chi connectivity index (χ0v) is 19.5. The molecular weight excluding hydrogens is 434 g/mol. The number of carbonyl (C=O) groups is 2. The molecule has 10 heteroatoms. The molecule has 0 radical (unpaired) electrons. The van der Waals surface area contributed by atoms with Crippen LogP contribution in [0.25, 0.3) is 0 Å². The first kappa shape index (κ1) is 23.6. The van der Waals surface area contributed by atoms with Crippen LogP contribution < -0.4 is 15.0 Å². The van der Waals surface area contributed by atoms with E-state index >= 15 is 0 Å². The Kier molecular flexibility index (Phi) is 7.40. The molecule has 2 aromatic heterocycles. The van der Waals surface area contributed by atoms with Crippen LogP contribution in [0, 0.1) is 0 Å². The van der Waals surface area contributed by atoms with Crippen LogP contribution in [0.1, 0.15) is 26.3 Å². The first-order valence-corrected chi connectivity index (χ1v) is 10.7. The molecule has 1 aliphatic rings. The number of hydrogen-bond acceptors (Lipinski definition) is 7. The van der Waals surface area contributed by atoms with Crippen molar-refractivity contribution in [2.75, 3.05) is 43.5 Å². The lowest BCUT2D eigenvalue weighted by molar-refractivity contribution is -0.115. The van der Waals surface area contributed by atoms with Gasteiger partial charge in [0, 0.05) is 38.4 Å². The lowest BCUT2D eigenvalue weighted by Crippen LogP contribution is -2.50. The van der Waals surface area contributed by atoms with E-state index in [2.05, 4.69) is 20.2 Å². The van der Waals surface area contributed by atoms with Gasteiger partial charge >= 0.3 is 6.09 Å². The van der Waals surface area contributed by atoms with E-state index in [0.29, 0.717) is 42.8 Å². The fourth-order valence-electron chi connectivity index (χ4n) is 3.17. The molecule has 3 rings (SSSR count). The van der Waals surface area contributed by atoms with Gasteiger partial charge in [0.25, 0.3) is 0 Å². The molecule has 0 aromatic carbocycles. The number of carbonyl (C=O) groups excluding carboxylic acids is 2. The van der Waals surface area contributed by atoms with Crippen LogP contribution in [-0.2, 0) is 16.0 Å². The molecular formula is C22H28ClN5O4. The van der Waals surface area contributed by atoms with E-state index in [1.165, 1.54) is 13.3 Å². The Morgan fingerprint density at radius 1 is 1.12 bits per heavy atom. The Morgan fingerprint density at radius 2 is 1.84 bits per heavy atom. The van der Waals surface area contributed by atoms with Crippen molar-refractivity contribution in [3.8, 4) is 5.75 Å². The molecule has 2 aromatic rings. The molecule has 0 aliphatic carbocycles. The third-order valence-corrected chi connectivity index (χ3v) is 5.02. The lowest BCUT2D eigenvalue weighted by atomic mass is 10.2. The first-order chi connectivity index (χ1) is 15.1. The van der Waals surface area contributed by atoms with Gasteiger partial charge in [0.2, 0.25) is 5.91 Å². The Hall–Kier alpha value is -3.07. The molecule has 1 fully saturated rings. The molecule has 172 valence electrons. The Bertz CT molecular complexity index is 954. The summed E-state index contributed by atoms with van der Waals surface area (Å²) in [4.78, 5) is 36.9. The summed E-state index contributed by atoms with van der Waals surface area (Å²) in [7, 11) is 1.50. The van der Waals surface area contributed by atoms with Gasteiger partial charge in [0.05, 0.1) is 19.7 Å². The second-order valence-electron chi connectivity index (χ2n) is 8.41. The van der Waals surface area contributed by atoms with Crippen molar-refractivity contribution >= 4 is 35.2 Å². The summed E-state index contributed by atoms with van der Waals surface area (Å²) in [5, 5.41) is 3.10. The predicted octanol–water partition coefficient (Wildman–Crippen LogP) is 3.38. The van der Waals surface area contributed by atoms with Gasteiger partial charge in [-0.2, -0.15) is 0 Å². The van der Waals surface area contributed by atoms with Crippen molar-refractivity contribution in [1.82, 2.24) is 14.9 Å². The van der Waals surface area contributed by atoms with Gasteiger partial charge in [-0.1, -0.05) is 17.7 Å². The molecule has 0 unspecified atom stereocenters. The van der Waals surface area contributed by atoms with Gasteiger partial charge < -0.3 is 24.6 Å². The lowest BCUT2D eigenvalue weighted by Gasteiger charge is -2.36. The molecule has 1 N–H and O–H groups in total. The molecule has 3 heterocycles. The van der Waals surface area contributed by atoms with E-state index < -0.39 is 5.60 Å². The number of rotatable bonds is 5. The first-order valence-electron chi connectivity index (χ1n) is 10.3. The number of ether oxygens (including phenoxy) is 2. The SMILES string of the molecule is COc1cc(NC(=O)Cc2ccc(N3CCN(C(=O)OC(C)(C)C)CC3)nc2)ncc1Cl. The van der Waals surface area contributed by atoms with Gasteiger partial charge in [-0.25, -0.2) is 14.8 Å². The number of amides is 2. The van der Waals surface area contributed by atoms with Crippen LogP contribution in [0.5, 0.6) is 5.75 Å². The number of hydrogen-bond donors (Lipinski definition) is 1. The highest BCUT2D eigenvalue weighted by Gasteiger charge is 2.26. The minimum atomic E-state index is -0.506. The summed E-state index contributed by atoms with van der Waals surface area (Å²) < 4.78 is 10.6. The molecule has 0 saturated carbocycles. The maximum absolute atomic E-state index is 12.3. The van der Waals surface area contributed by atoms with Crippen molar-refractivity contribution in [1.29, 1.82) is 0 Å². The normalized spacial score (nSPS) is 14.2. The second-order valence-corrected chi connectivity index (χ2v) is 8.82. The van der Waals surface area contributed by atoms with E-state index in [-0.39, 0.29) is 18.4 Å². The number of aromatic nitrogens is 2. The summed E-state index contributed by atoms with van der Waals surface area (Å²) in [5.74, 6) is 1.39. The zero-order valence-electron chi connectivity index (χ0n) is 18.7. The minimum Gasteiger partial charge on any atom is -0.495 e.